The Balaban J connectivity index is 3.23. The average molecular weight is 216 g/mol. The van der Waals surface area contributed by atoms with Crippen LogP contribution in [0.1, 0.15) is 10.4 Å². The topological polar surface area (TPSA) is 63.3 Å². The Hall–Kier alpha value is -0.991. The van der Waals surface area contributed by atoms with E-state index >= 15 is 0 Å². The summed E-state index contributed by atoms with van der Waals surface area (Å²) in [6, 6.07) is 4.65. The molecule has 0 radical (unpaired) electrons. The summed E-state index contributed by atoms with van der Waals surface area (Å²) in [7, 11) is 0. The van der Waals surface area contributed by atoms with E-state index in [9.17, 15) is 4.79 Å². The molecule has 0 aliphatic rings. The van der Waals surface area contributed by atoms with Crippen LogP contribution in [0.25, 0.3) is 0 Å². The van der Waals surface area contributed by atoms with Crippen molar-refractivity contribution in [2.24, 2.45) is 5.73 Å². The molecule has 0 unspecified atom stereocenters. The van der Waals surface area contributed by atoms with E-state index in [1.54, 1.807) is 6.07 Å². The molecule has 4 heteroatoms. The molecule has 0 heterocycles. The minimum atomic E-state index is -0.615. The van der Waals surface area contributed by atoms with Crippen molar-refractivity contribution in [1.82, 2.24) is 0 Å². The number of benzene rings is 1. The van der Waals surface area contributed by atoms with Crippen LogP contribution in [0.5, 0.6) is 5.75 Å². The van der Waals surface area contributed by atoms with Crippen LogP contribution >= 0.6 is 0 Å². The number of rotatable bonds is 1. The van der Waals surface area contributed by atoms with Crippen LogP contribution in [0.15, 0.2) is 18.2 Å². The molecule has 11 heavy (non-hydrogen) atoms. The quantitative estimate of drug-likeness (QED) is 0.592. The molecule has 3 N–H and O–H groups in total. The van der Waals surface area contributed by atoms with Crippen molar-refractivity contribution >= 4 is 26.4 Å². The third-order valence-electron chi connectivity index (χ3n) is 1.25. The predicted molar refractivity (Wildman–Crippen MR) is 43.4 cm³/mol. The molecule has 0 fully saturated rings. The van der Waals surface area contributed by atoms with E-state index < -0.39 is 5.91 Å². The Kier molecular flexibility index (Phi) is 2.17. The van der Waals surface area contributed by atoms with Gasteiger partial charge in [0.2, 0.25) is 0 Å². The summed E-state index contributed by atoms with van der Waals surface area (Å²) in [6.07, 6.45) is 0. The predicted octanol–water partition coefficient (Wildman–Crippen LogP) is -0.983. The Morgan fingerprint density at radius 3 is 2.64 bits per heavy atom. The molecule has 1 aromatic carbocycles. The van der Waals surface area contributed by atoms with Gasteiger partial charge < -0.3 is 0 Å². The van der Waals surface area contributed by atoms with Gasteiger partial charge in [-0.15, -0.1) is 0 Å². The van der Waals surface area contributed by atoms with Gasteiger partial charge in [-0.1, -0.05) is 0 Å². The molecule has 1 rings (SSSR count). The molecule has 0 aliphatic carbocycles. The maximum absolute atomic E-state index is 10.6. The molecular weight excluding hydrogens is 209 g/mol. The minimum absolute atomic E-state index is 0.0766. The first-order valence-electron chi connectivity index (χ1n) is 2.93. The van der Waals surface area contributed by atoms with E-state index in [0.29, 0.717) is 0 Å². The number of carbonyl (C=O) groups is 1. The standard InChI is InChI=1S/C7H7NO2Se/c8-7(10)5-3-4(11)1-2-6(5)9/h1-3,9,11H,(H2,8,10). The first-order chi connectivity index (χ1) is 5.11. The molecule has 0 saturated carbocycles. The van der Waals surface area contributed by atoms with Crippen LogP contribution in [0.3, 0.4) is 0 Å². The average Bonchev–Trinajstić information content (AvgIpc) is 1.94. The molecule has 0 bridgehead atoms. The molecule has 0 saturated heterocycles. The first kappa shape index (κ1) is 8.11. The summed E-state index contributed by atoms with van der Waals surface area (Å²) >= 11 is 2.27. The third-order valence-corrected chi connectivity index (χ3v) is 1.83. The van der Waals surface area contributed by atoms with Crippen molar-refractivity contribution < 1.29 is 9.90 Å². The first-order valence-corrected chi connectivity index (χ1v) is 3.87. The number of hydrogen-bond donors (Lipinski definition) is 2. The Labute approximate surface area is 72.0 Å². The van der Waals surface area contributed by atoms with Crippen molar-refractivity contribution in [2.45, 2.75) is 0 Å². The van der Waals surface area contributed by atoms with E-state index in [2.05, 4.69) is 16.0 Å². The number of amides is 1. The molecule has 3 nitrogen and oxygen atoms in total. The fourth-order valence-electron chi connectivity index (χ4n) is 0.721. The van der Waals surface area contributed by atoms with Gasteiger partial charge in [-0.25, -0.2) is 0 Å². The number of phenols is 1. The number of aromatic hydroxyl groups is 1. The van der Waals surface area contributed by atoms with Gasteiger partial charge in [-0.05, 0) is 0 Å². The monoisotopic (exact) mass is 217 g/mol. The SMILES string of the molecule is NC(=O)c1cc([SeH])ccc1O. The third kappa shape index (κ3) is 1.73. The van der Waals surface area contributed by atoms with Crippen molar-refractivity contribution in [3.05, 3.63) is 23.8 Å². The van der Waals surface area contributed by atoms with Gasteiger partial charge >= 0.3 is 71.5 Å². The molecule has 0 atom stereocenters. The molecule has 0 spiro atoms. The van der Waals surface area contributed by atoms with Crippen molar-refractivity contribution in [3.63, 3.8) is 0 Å². The number of carbonyl (C=O) groups excluding carboxylic acids is 1. The second-order valence-electron chi connectivity index (χ2n) is 2.07. The van der Waals surface area contributed by atoms with Crippen LogP contribution in [-0.2, 0) is 0 Å². The van der Waals surface area contributed by atoms with Gasteiger partial charge in [0.15, 0.2) is 0 Å². The van der Waals surface area contributed by atoms with E-state index in [4.69, 9.17) is 10.8 Å². The van der Waals surface area contributed by atoms with E-state index in [1.807, 2.05) is 0 Å². The van der Waals surface area contributed by atoms with Gasteiger partial charge in [0.05, 0.1) is 0 Å². The fourth-order valence-corrected chi connectivity index (χ4v) is 1.15. The fraction of sp³-hybridized carbons (Fsp3) is 0. The Morgan fingerprint density at radius 2 is 2.18 bits per heavy atom. The summed E-state index contributed by atoms with van der Waals surface area (Å²) in [6.45, 7) is 0. The molecular formula is C7H7NO2Se. The number of primary amides is 1. The second kappa shape index (κ2) is 2.94. The van der Waals surface area contributed by atoms with Gasteiger partial charge in [0.25, 0.3) is 0 Å². The zero-order valence-electron chi connectivity index (χ0n) is 5.61. The van der Waals surface area contributed by atoms with Gasteiger partial charge in [-0.2, -0.15) is 0 Å². The van der Waals surface area contributed by atoms with Crippen LogP contribution < -0.4 is 10.2 Å². The van der Waals surface area contributed by atoms with Crippen molar-refractivity contribution in [3.8, 4) is 5.75 Å². The molecule has 0 aromatic heterocycles. The molecule has 1 amide bonds. The van der Waals surface area contributed by atoms with Crippen LogP contribution in [0.2, 0.25) is 0 Å². The normalized spacial score (nSPS) is 9.55. The Bertz CT molecular complexity index is 298. The van der Waals surface area contributed by atoms with Gasteiger partial charge in [0.1, 0.15) is 0 Å². The molecule has 0 aliphatic heterocycles. The summed E-state index contributed by atoms with van der Waals surface area (Å²) in [5.74, 6) is -0.692. The number of nitrogens with two attached hydrogens (primary N) is 1. The summed E-state index contributed by atoms with van der Waals surface area (Å²) in [5, 5.41) is 9.10. The molecule has 58 valence electrons. The van der Waals surface area contributed by atoms with E-state index in [1.165, 1.54) is 12.1 Å². The molecule has 1 aromatic rings. The Morgan fingerprint density at radius 1 is 1.55 bits per heavy atom. The maximum atomic E-state index is 10.6. The summed E-state index contributed by atoms with van der Waals surface area (Å²) in [5.41, 5.74) is 5.13. The van der Waals surface area contributed by atoms with E-state index in [0.717, 1.165) is 4.46 Å². The summed E-state index contributed by atoms with van der Waals surface area (Å²) in [4.78, 5) is 10.6. The number of hydrogen-bond acceptors (Lipinski definition) is 2. The zero-order chi connectivity index (χ0) is 8.43. The van der Waals surface area contributed by atoms with E-state index in [-0.39, 0.29) is 11.3 Å². The van der Waals surface area contributed by atoms with Crippen LogP contribution in [0.4, 0.5) is 0 Å². The van der Waals surface area contributed by atoms with Crippen molar-refractivity contribution in [1.29, 1.82) is 0 Å². The van der Waals surface area contributed by atoms with Gasteiger partial charge in [0, 0.05) is 0 Å². The van der Waals surface area contributed by atoms with Gasteiger partial charge in [-0.3, -0.25) is 0 Å². The van der Waals surface area contributed by atoms with Crippen LogP contribution in [0, 0.1) is 0 Å². The van der Waals surface area contributed by atoms with Crippen LogP contribution in [-0.4, -0.2) is 27.0 Å². The summed E-state index contributed by atoms with van der Waals surface area (Å²) < 4.78 is 0.837. The zero-order valence-corrected chi connectivity index (χ0v) is 7.49. The van der Waals surface area contributed by atoms with Crippen molar-refractivity contribution in [2.75, 3.05) is 0 Å². The second-order valence-corrected chi connectivity index (χ2v) is 3.15.